The van der Waals surface area contributed by atoms with Crippen molar-refractivity contribution in [2.24, 2.45) is 7.05 Å². The van der Waals surface area contributed by atoms with Gasteiger partial charge >= 0.3 is 5.82 Å². The summed E-state index contributed by atoms with van der Waals surface area (Å²) in [5, 5.41) is 10.9. The summed E-state index contributed by atoms with van der Waals surface area (Å²) in [4.78, 5) is 14.3. The third-order valence-electron chi connectivity index (χ3n) is 3.29. The molecular weight excluding hydrogens is 274 g/mol. The summed E-state index contributed by atoms with van der Waals surface area (Å²) in [6.07, 6.45) is 1.49. The van der Waals surface area contributed by atoms with Crippen LogP contribution in [0.5, 0.6) is 0 Å². The Balaban J connectivity index is 2.01. The fourth-order valence-corrected chi connectivity index (χ4v) is 2.96. The Morgan fingerprint density at radius 1 is 1.30 bits per heavy atom. The second kappa shape index (κ2) is 6.09. The molecule has 0 saturated carbocycles. The van der Waals surface area contributed by atoms with Crippen LogP contribution in [0.2, 0.25) is 0 Å². The molecule has 2 aromatic rings. The van der Waals surface area contributed by atoms with Gasteiger partial charge in [0.15, 0.2) is 0 Å². The van der Waals surface area contributed by atoms with Crippen molar-refractivity contribution < 1.29 is 4.92 Å². The first-order valence-electron chi connectivity index (χ1n) is 6.27. The van der Waals surface area contributed by atoms with Gasteiger partial charge in [0.05, 0.1) is 0 Å². The topological polar surface area (TPSA) is 61.0 Å². The lowest BCUT2D eigenvalue weighted by Crippen LogP contribution is -1.98. The molecule has 1 aromatic carbocycles. The summed E-state index contributed by atoms with van der Waals surface area (Å²) >= 11 is 1.66. The number of imidazole rings is 1. The maximum absolute atomic E-state index is 10.9. The minimum absolute atomic E-state index is 0.0416. The van der Waals surface area contributed by atoms with Gasteiger partial charge in [0, 0.05) is 18.6 Å². The zero-order valence-corrected chi connectivity index (χ0v) is 12.6. The monoisotopic (exact) mass is 291 g/mol. The van der Waals surface area contributed by atoms with Crippen LogP contribution in [0.1, 0.15) is 22.4 Å². The van der Waals surface area contributed by atoms with Crippen molar-refractivity contribution in [1.82, 2.24) is 9.55 Å². The third-order valence-corrected chi connectivity index (χ3v) is 4.30. The molecule has 0 aliphatic rings. The van der Waals surface area contributed by atoms with Crippen molar-refractivity contribution in [1.29, 1.82) is 0 Å². The van der Waals surface area contributed by atoms with E-state index < -0.39 is 4.92 Å². The van der Waals surface area contributed by atoms with Gasteiger partial charge in [0.1, 0.15) is 5.69 Å². The predicted octanol–water partition coefficient (Wildman–Crippen LogP) is 3.38. The predicted molar refractivity (Wildman–Crippen MR) is 80.8 cm³/mol. The zero-order valence-electron chi connectivity index (χ0n) is 11.8. The fourth-order valence-electron chi connectivity index (χ4n) is 1.92. The summed E-state index contributed by atoms with van der Waals surface area (Å²) in [5.74, 6) is 1.38. The molecule has 0 aliphatic heterocycles. The van der Waals surface area contributed by atoms with Crippen LogP contribution in [0.4, 0.5) is 5.82 Å². The van der Waals surface area contributed by atoms with Gasteiger partial charge in [-0.3, -0.25) is 0 Å². The normalized spacial score (nSPS) is 10.8. The van der Waals surface area contributed by atoms with Crippen molar-refractivity contribution in [3.05, 3.63) is 57.0 Å². The van der Waals surface area contributed by atoms with Crippen LogP contribution < -0.4 is 0 Å². The van der Waals surface area contributed by atoms with E-state index >= 15 is 0 Å². The molecule has 0 bridgehead atoms. The van der Waals surface area contributed by atoms with E-state index in [0.717, 1.165) is 5.75 Å². The van der Waals surface area contributed by atoms with Gasteiger partial charge in [-0.05, 0) is 40.4 Å². The highest BCUT2D eigenvalue weighted by molar-refractivity contribution is 7.97. The van der Waals surface area contributed by atoms with E-state index in [9.17, 15) is 10.1 Å². The molecule has 0 aliphatic carbocycles. The van der Waals surface area contributed by atoms with Gasteiger partial charge in [-0.25, -0.2) is 0 Å². The summed E-state index contributed by atoms with van der Waals surface area (Å²) in [5.41, 5.74) is 4.45. The number of aromatic nitrogens is 2. The van der Waals surface area contributed by atoms with E-state index in [1.165, 1.54) is 23.0 Å². The number of nitro groups is 1. The number of nitrogens with zero attached hydrogens (tertiary/aromatic N) is 3. The number of hydrogen-bond donors (Lipinski definition) is 0. The average Bonchev–Trinajstić information content (AvgIpc) is 2.76. The van der Waals surface area contributed by atoms with Crippen LogP contribution in [-0.4, -0.2) is 14.5 Å². The van der Waals surface area contributed by atoms with E-state index in [4.69, 9.17) is 0 Å². The molecule has 0 fully saturated rings. The van der Waals surface area contributed by atoms with E-state index in [1.807, 2.05) is 0 Å². The molecule has 0 spiro atoms. The number of benzene rings is 1. The third kappa shape index (κ3) is 3.19. The molecule has 0 N–H and O–H groups in total. The Kier molecular flexibility index (Phi) is 4.44. The van der Waals surface area contributed by atoms with Crippen molar-refractivity contribution in [3.8, 4) is 0 Å². The van der Waals surface area contributed by atoms with E-state index in [-0.39, 0.29) is 5.82 Å². The van der Waals surface area contributed by atoms with Crippen LogP contribution >= 0.6 is 11.8 Å². The first kappa shape index (κ1) is 14.6. The molecule has 0 saturated heterocycles. The van der Waals surface area contributed by atoms with Crippen molar-refractivity contribution in [2.75, 3.05) is 0 Å². The Hall–Kier alpha value is -1.82. The lowest BCUT2D eigenvalue weighted by molar-refractivity contribution is -0.390. The maximum Gasteiger partial charge on any atom is 0.385 e. The van der Waals surface area contributed by atoms with Gasteiger partial charge in [-0.1, -0.05) is 18.2 Å². The number of rotatable bonds is 5. The maximum atomic E-state index is 10.9. The van der Waals surface area contributed by atoms with Crippen molar-refractivity contribution in [3.63, 3.8) is 0 Å². The smallest absolute Gasteiger partial charge is 0.358 e. The van der Waals surface area contributed by atoms with Gasteiger partial charge < -0.3 is 14.7 Å². The highest BCUT2D eigenvalue weighted by Gasteiger charge is 2.19. The summed E-state index contributed by atoms with van der Waals surface area (Å²) in [6, 6.07) is 6.38. The van der Waals surface area contributed by atoms with Crippen LogP contribution in [0.25, 0.3) is 0 Å². The lowest BCUT2D eigenvalue weighted by atomic mass is 10.1. The largest absolute Gasteiger partial charge is 0.385 e. The molecule has 20 heavy (non-hydrogen) atoms. The Bertz CT molecular complexity index is 637. The molecule has 1 aromatic heterocycles. The van der Waals surface area contributed by atoms with Gasteiger partial charge in [-0.2, -0.15) is 11.8 Å². The van der Waals surface area contributed by atoms with E-state index in [0.29, 0.717) is 11.4 Å². The van der Waals surface area contributed by atoms with Crippen molar-refractivity contribution in [2.45, 2.75) is 25.4 Å². The van der Waals surface area contributed by atoms with E-state index in [1.54, 1.807) is 23.4 Å². The molecule has 1 heterocycles. The van der Waals surface area contributed by atoms with Crippen molar-refractivity contribution >= 4 is 17.6 Å². The van der Waals surface area contributed by atoms with Crippen LogP contribution in [0.15, 0.2) is 24.5 Å². The number of thioether (sulfide) groups is 1. The highest BCUT2D eigenvalue weighted by Crippen LogP contribution is 2.24. The minimum atomic E-state index is -0.425. The second-order valence-electron chi connectivity index (χ2n) is 4.79. The SMILES string of the molecule is Cc1ccc(CSCc2c([N+](=O)[O-])ncn2C)cc1C. The summed E-state index contributed by atoms with van der Waals surface area (Å²) in [6.45, 7) is 4.18. The first-order chi connectivity index (χ1) is 9.49. The fraction of sp³-hybridized carbons (Fsp3) is 0.357. The van der Waals surface area contributed by atoms with Gasteiger partial charge in [-0.15, -0.1) is 0 Å². The molecular formula is C14H17N3O2S. The lowest BCUT2D eigenvalue weighted by Gasteiger charge is -2.05. The van der Waals surface area contributed by atoms with Crippen LogP contribution in [-0.2, 0) is 18.6 Å². The first-order valence-corrected chi connectivity index (χ1v) is 7.43. The molecule has 6 heteroatoms. The molecule has 2 rings (SSSR count). The van der Waals surface area contributed by atoms with Crippen LogP contribution in [0, 0.1) is 24.0 Å². The Labute approximate surface area is 122 Å². The quantitative estimate of drug-likeness (QED) is 0.626. The molecule has 0 atom stereocenters. The van der Waals surface area contributed by atoms with Gasteiger partial charge in [0.25, 0.3) is 0 Å². The minimum Gasteiger partial charge on any atom is -0.358 e. The molecule has 5 nitrogen and oxygen atoms in total. The highest BCUT2D eigenvalue weighted by atomic mass is 32.2. The average molecular weight is 291 g/mol. The Morgan fingerprint density at radius 3 is 2.70 bits per heavy atom. The summed E-state index contributed by atoms with van der Waals surface area (Å²) in [7, 11) is 1.78. The van der Waals surface area contributed by atoms with Gasteiger partial charge in [0.2, 0.25) is 6.33 Å². The molecule has 0 unspecified atom stereocenters. The van der Waals surface area contributed by atoms with E-state index in [2.05, 4.69) is 37.0 Å². The molecule has 0 amide bonds. The zero-order chi connectivity index (χ0) is 14.7. The molecule has 106 valence electrons. The molecule has 0 radical (unpaired) electrons. The standard InChI is InChI=1S/C14H17N3O2S/c1-10-4-5-12(6-11(10)2)7-20-8-13-14(17(18)19)15-9-16(13)3/h4-6,9H,7-8H2,1-3H3. The second-order valence-corrected chi connectivity index (χ2v) is 5.78. The summed E-state index contributed by atoms with van der Waals surface area (Å²) < 4.78 is 1.71. The van der Waals surface area contributed by atoms with Crippen LogP contribution in [0.3, 0.4) is 0 Å². The number of hydrogen-bond acceptors (Lipinski definition) is 4. The number of aryl methyl sites for hydroxylation is 3. The Morgan fingerprint density at radius 2 is 2.05 bits per heavy atom.